The van der Waals surface area contributed by atoms with Gasteiger partial charge in [-0.3, -0.25) is 4.90 Å². The van der Waals surface area contributed by atoms with E-state index < -0.39 is 0 Å². The Morgan fingerprint density at radius 2 is 1.96 bits per heavy atom. The molecule has 0 spiro atoms. The van der Waals surface area contributed by atoms with Crippen molar-refractivity contribution in [2.24, 2.45) is 0 Å². The molecule has 4 rings (SSSR count). The predicted octanol–water partition coefficient (Wildman–Crippen LogP) is 2.28. The molecule has 1 aliphatic heterocycles. The van der Waals surface area contributed by atoms with Crippen molar-refractivity contribution in [2.75, 3.05) is 6.54 Å². The number of rotatable bonds is 4. The van der Waals surface area contributed by atoms with Crippen molar-refractivity contribution in [2.45, 2.75) is 26.1 Å². The second-order valence-corrected chi connectivity index (χ2v) is 5.91. The van der Waals surface area contributed by atoms with Crippen molar-refractivity contribution in [3.05, 3.63) is 77.9 Å². The predicted molar refractivity (Wildman–Crippen MR) is 87.6 cm³/mol. The van der Waals surface area contributed by atoms with Crippen molar-refractivity contribution >= 4 is 0 Å². The maximum atomic E-state index is 4.55. The number of hydrogen-bond donors (Lipinski definition) is 0. The molecule has 0 unspecified atom stereocenters. The molecule has 2 aromatic heterocycles. The molecule has 0 aliphatic carbocycles. The summed E-state index contributed by atoms with van der Waals surface area (Å²) in [6.07, 6.45) is 8.53. The topological polar surface area (TPSA) is 46.8 Å². The van der Waals surface area contributed by atoms with Crippen LogP contribution in [0.4, 0.5) is 0 Å². The van der Waals surface area contributed by atoms with E-state index in [9.17, 15) is 0 Å². The molecule has 0 saturated carbocycles. The highest BCUT2D eigenvalue weighted by Gasteiger charge is 2.18. The van der Waals surface area contributed by atoms with Crippen LogP contribution >= 0.6 is 0 Å². The number of nitrogens with zero attached hydrogens (tertiary/aromatic N) is 5. The normalized spacial score (nSPS) is 14.6. The molecule has 0 radical (unpaired) electrons. The molecule has 0 amide bonds. The summed E-state index contributed by atoms with van der Waals surface area (Å²) in [4.78, 5) is 15.5. The first kappa shape index (κ1) is 14.1. The fourth-order valence-corrected chi connectivity index (χ4v) is 3.06. The standard InChI is InChI=1S/C18H19N5/c1-2-4-15(5-3-1)11-23-9-7-20-18(23)13-22-8-6-16-10-19-14-21-17(16)12-22/h1-5,7,9-10,14H,6,8,11-13H2. The lowest BCUT2D eigenvalue weighted by atomic mass is 10.1. The van der Waals surface area contributed by atoms with E-state index in [0.717, 1.165) is 44.1 Å². The number of benzene rings is 1. The Bertz CT molecular complexity index is 781. The third-order valence-corrected chi connectivity index (χ3v) is 4.31. The molecule has 5 nitrogen and oxygen atoms in total. The Labute approximate surface area is 135 Å². The minimum absolute atomic E-state index is 0.850. The summed E-state index contributed by atoms with van der Waals surface area (Å²) < 4.78 is 2.23. The summed E-state index contributed by atoms with van der Waals surface area (Å²) in [6.45, 7) is 3.61. The Morgan fingerprint density at radius 3 is 2.87 bits per heavy atom. The van der Waals surface area contributed by atoms with Crippen LogP contribution in [0.15, 0.2) is 55.2 Å². The maximum absolute atomic E-state index is 4.55. The quantitative estimate of drug-likeness (QED) is 0.742. The van der Waals surface area contributed by atoms with Gasteiger partial charge in [0.05, 0.1) is 12.2 Å². The van der Waals surface area contributed by atoms with E-state index in [2.05, 4.69) is 54.9 Å². The van der Waals surface area contributed by atoms with E-state index in [4.69, 9.17) is 0 Å². The number of aromatic nitrogens is 4. The highest BCUT2D eigenvalue weighted by atomic mass is 15.2. The van der Waals surface area contributed by atoms with Gasteiger partial charge in [-0.1, -0.05) is 30.3 Å². The van der Waals surface area contributed by atoms with Gasteiger partial charge in [-0.15, -0.1) is 0 Å². The largest absolute Gasteiger partial charge is 0.329 e. The number of imidazole rings is 1. The highest BCUT2D eigenvalue weighted by molar-refractivity contribution is 5.19. The number of fused-ring (bicyclic) bond motifs is 1. The third kappa shape index (κ3) is 3.14. The molecule has 0 saturated heterocycles. The monoisotopic (exact) mass is 305 g/mol. The Kier molecular flexibility index (Phi) is 3.86. The van der Waals surface area contributed by atoms with Crippen molar-refractivity contribution in [3.8, 4) is 0 Å². The molecule has 0 fully saturated rings. The second kappa shape index (κ2) is 6.30. The van der Waals surface area contributed by atoms with Gasteiger partial charge < -0.3 is 4.57 Å². The van der Waals surface area contributed by atoms with Crippen molar-refractivity contribution in [3.63, 3.8) is 0 Å². The minimum Gasteiger partial charge on any atom is -0.329 e. The molecule has 116 valence electrons. The van der Waals surface area contributed by atoms with Crippen LogP contribution in [0.25, 0.3) is 0 Å². The van der Waals surface area contributed by atoms with E-state index >= 15 is 0 Å². The summed E-state index contributed by atoms with van der Waals surface area (Å²) in [5, 5.41) is 0. The Morgan fingerprint density at radius 1 is 1.04 bits per heavy atom. The van der Waals surface area contributed by atoms with Crippen LogP contribution < -0.4 is 0 Å². The summed E-state index contributed by atoms with van der Waals surface area (Å²) in [7, 11) is 0. The Hall–Kier alpha value is -2.53. The fourth-order valence-electron chi connectivity index (χ4n) is 3.06. The first-order valence-corrected chi connectivity index (χ1v) is 7.92. The van der Waals surface area contributed by atoms with Gasteiger partial charge in [-0.25, -0.2) is 15.0 Å². The van der Waals surface area contributed by atoms with Gasteiger partial charge in [-0.05, 0) is 17.5 Å². The Balaban J connectivity index is 1.47. The lowest BCUT2D eigenvalue weighted by Crippen LogP contribution is -2.32. The lowest BCUT2D eigenvalue weighted by molar-refractivity contribution is 0.232. The molecule has 1 aromatic carbocycles. The molecule has 0 N–H and O–H groups in total. The van der Waals surface area contributed by atoms with Crippen LogP contribution in [-0.2, 0) is 26.1 Å². The molecular formula is C18H19N5. The summed E-state index contributed by atoms with van der Waals surface area (Å²) in [5.74, 6) is 1.10. The van der Waals surface area contributed by atoms with Crippen LogP contribution in [-0.4, -0.2) is 31.0 Å². The first-order chi connectivity index (χ1) is 11.4. The van der Waals surface area contributed by atoms with Crippen molar-refractivity contribution in [1.82, 2.24) is 24.4 Å². The zero-order chi connectivity index (χ0) is 15.5. The van der Waals surface area contributed by atoms with Crippen LogP contribution in [0.3, 0.4) is 0 Å². The van der Waals surface area contributed by atoms with E-state index in [-0.39, 0.29) is 0 Å². The van der Waals surface area contributed by atoms with E-state index in [0.29, 0.717) is 0 Å². The average molecular weight is 305 g/mol. The lowest BCUT2D eigenvalue weighted by Gasteiger charge is -2.27. The van der Waals surface area contributed by atoms with Crippen LogP contribution in [0, 0.1) is 0 Å². The number of hydrogen-bond acceptors (Lipinski definition) is 4. The van der Waals surface area contributed by atoms with Crippen LogP contribution in [0.2, 0.25) is 0 Å². The summed E-state index contributed by atoms with van der Waals surface area (Å²) >= 11 is 0. The van der Waals surface area contributed by atoms with Gasteiger partial charge in [0.25, 0.3) is 0 Å². The molecule has 23 heavy (non-hydrogen) atoms. The third-order valence-electron chi connectivity index (χ3n) is 4.31. The average Bonchev–Trinajstić information content (AvgIpc) is 3.02. The second-order valence-electron chi connectivity index (χ2n) is 5.91. The SMILES string of the molecule is c1ccc(Cn2ccnc2CN2CCc3cncnc3C2)cc1. The molecular weight excluding hydrogens is 286 g/mol. The maximum Gasteiger partial charge on any atom is 0.123 e. The van der Waals surface area contributed by atoms with E-state index in [1.165, 1.54) is 11.1 Å². The van der Waals surface area contributed by atoms with E-state index in [1.54, 1.807) is 6.33 Å². The van der Waals surface area contributed by atoms with Gasteiger partial charge in [0.2, 0.25) is 0 Å². The summed E-state index contributed by atoms with van der Waals surface area (Å²) in [6, 6.07) is 10.5. The smallest absolute Gasteiger partial charge is 0.123 e. The molecule has 1 aliphatic rings. The highest BCUT2D eigenvalue weighted by Crippen LogP contribution is 2.17. The van der Waals surface area contributed by atoms with Gasteiger partial charge in [0.15, 0.2) is 0 Å². The van der Waals surface area contributed by atoms with Crippen LogP contribution in [0.5, 0.6) is 0 Å². The molecule has 3 heterocycles. The molecule has 0 atom stereocenters. The van der Waals surface area contributed by atoms with Crippen LogP contribution in [0.1, 0.15) is 22.6 Å². The van der Waals surface area contributed by atoms with Crippen molar-refractivity contribution < 1.29 is 0 Å². The fraction of sp³-hybridized carbons (Fsp3) is 0.278. The first-order valence-electron chi connectivity index (χ1n) is 7.92. The molecule has 5 heteroatoms. The zero-order valence-electron chi connectivity index (χ0n) is 13.0. The van der Waals surface area contributed by atoms with Gasteiger partial charge in [-0.2, -0.15) is 0 Å². The summed E-state index contributed by atoms with van der Waals surface area (Å²) in [5.41, 5.74) is 3.72. The van der Waals surface area contributed by atoms with Gasteiger partial charge in [0, 0.05) is 38.2 Å². The zero-order valence-corrected chi connectivity index (χ0v) is 13.0. The van der Waals surface area contributed by atoms with Crippen molar-refractivity contribution in [1.29, 1.82) is 0 Å². The molecule has 3 aromatic rings. The van der Waals surface area contributed by atoms with E-state index in [1.807, 2.05) is 18.5 Å². The minimum atomic E-state index is 0.850. The van der Waals surface area contributed by atoms with Gasteiger partial charge in [0.1, 0.15) is 12.2 Å². The molecule has 0 bridgehead atoms. The van der Waals surface area contributed by atoms with Gasteiger partial charge >= 0.3 is 0 Å².